The van der Waals surface area contributed by atoms with Gasteiger partial charge >= 0.3 is 0 Å². The highest BCUT2D eigenvalue weighted by Crippen LogP contribution is 2.40. The Bertz CT molecular complexity index is 619. The summed E-state index contributed by atoms with van der Waals surface area (Å²) in [6, 6.07) is 4.86. The minimum absolute atomic E-state index is 0.210. The molecule has 1 unspecified atom stereocenters. The van der Waals surface area contributed by atoms with E-state index in [1.807, 2.05) is 0 Å². The van der Waals surface area contributed by atoms with Crippen LogP contribution in [0, 0.1) is 11.2 Å². The Balaban J connectivity index is 1.66. The maximum atomic E-state index is 14.2. The summed E-state index contributed by atoms with van der Waals surface area (Å²) in [5.74, 6) is 0.458. The van der Waals surface area contributed by atoms with Crippen molar-refractivity contribution >= 4 is 0 Å². The predicted molar refractivity (Wildman–Crippen MR) is 98.8 cm³/mol. The molecule has 1 N–H and O–H groups in total. The number of morpholine rings is 1. The van der Waals surface area contributed by atoms with Gasteiger partial charge in [0.05, 0.1) is 25.9 Å². The van der Waals surface area contributed by atoms with Crippen LogP contribution in [0.1, 0.15) is 25.8 Å². The number of rotatable bonds is 5. The zero-order chi connectivity index (χ0) is 18.8. The number of piperidine rings is 1. The fourth-order valence-electron chi connectivity index (χ4n) is 4.06. The van der Waals surface area contributed by atoms with Crippen LogP contribution in [0.25, 0.3) is 0 Å². The predicted octanol–water partition coefficient (Wildman–Crippen LogP) is 2.13. The summed E-state index contributed by atoms with van der Waals surface area (Å²) in [5.41, 5.74) is -0.383. The molecule has 0 amide bonds. The summed E-state index contributed by atoms with van der Waals surface area (Å²) < 4.78 is 24.8. The van der Waals surface area contributed by atoms with Gasteiger partial charge in [0.25, 0.3) is 0 Å². The van der Waals surface area contributed by atoms with Gasteiger partial charge in [-0.1, -0.05) is 13.8 Å². The van der Waals surface area contributed by atoms with Gasteiger partial charge in [0.1, 0.15) is 11.6 Å². The fourth-order valence-corrected chi connectivity index (χ4v) is 4.06. The first-order valence-corrected chi connectivity index (χ1v) is 9.40. The standard InChI is InChI=1S/C20H31FN2O3/c1-19(2)14-23(13-16-12-17(25-3)4-5-18(16)21)7-6-20(19,24)15-22-8-10-26-11-9-22/h4-5,12,24H,6-11,13-15H2,1-3H3. The van der Waals surface area contributed by atoms with Gasteiger partial charge in [0.15, 0.2) is 0 Å². The molecule has 0 bridgehead atoms. The molecule has 2 heterocycles. The molecule has 2 fully saturated rings. The number of nitrogens with zero attached hydrogens (tertiary/aromatic N) is 2. The lowest BCUT2D eigenvalue weighted by Crippen LogP contribution is -2.62. The van der Waals surface area contributed by atoms with Gasteiger partial charge in [-0.2, -0.15) is 0 Å². The second kappa shape index (κ2) is 7.80. The SMILES string of the molecule is COc1ccc(F)c(CN2CCC(O)(CN3CCOCC3)C(C)(C)C2)c1. The number of hydrogen-bond donors (Lipinski definition) is 1. The van der Waals surface area contributed by atoms with E-state index in [0.717, 1.165) is 39.4 Å². The van der Waals surface area contributed by atoms with Crippen LogP contribution < -0.4 is 4.74 Å². The van der Waals surface area contributed by atoms with Gasteiger partial charge in [-0.25, -0.2) is 4.39 Å². The molecule has 2 aliphatic heterocycles. The molecule has 1 atom stereocenters. The van der Waals surface area contributed by atoms with Crippen molar-refractivity contribution in [2.45, 2.75) is 32.4 Å². The second-order valence-corrected chi connectivity index (χ2v) is 8.22. The topological polar surface area (TPSA) is 45.2 Å². The maximum absolute atomic E-state index is 14.2. The van der Waals surface area contributed by atoms with E-state index >= 15 is 0 Å². The molecule has 2 aliphatic rings. The van der Waals surface area contributed by atoms with Crippen molar-refractivity contribution < 1.29 is 19.0 Å². The van der Waals surface area contributed by atoms with Crippen molar-refractivity contribution in [3.63, 3.8) is 0 Å². The first-order chi connectivity index (χ1) is 12.3. The Labute approximate surface area is 155 Å². The van der Waals surface area contributed by atoms with Gasteiger partial charge in [0, 0.05) is 50.2 Å². The number of β-amino-alcohol motifs (C(OH)–C–C–N with tert-alkyl or cyclic N) is 1. The molecule has 3 rings (SSSR count). The van der Waals surface area contributed by atoms with Gasteiger partial charge < -0.3 is 14.6 Å². The number of benzene rings is 1. The Kier molecular flexibility index (Phi) is 5.87. The van der Waals surface area contributed by atoms with E-state index in [0.29, 0.717) is 30.8 Å². The van der Waals surface area contributed by atoms with Gasteiger partial charge in [0.2, 0.25) is 0 Å². The van der Waals surface area contributed by atoms with Crippen LogP contribution >= 0.6 is 0 Å². The van der Waals surface area contributed by atoms with Gasteiger partial charge in [-0.3, -0.25) is 9.80 Å². The van der Waals surface area contributed by atoms with E-state index < -0.39 is 5.60 Å². The molecular weight excluding hydrogens is 335 g/mol. The van der Waals surface area contributed by atoms with E-state index in [9.17, 15) is 9.50 Å². The molecule has 0 spiro atoms. The minimum Gasteiger partial charge on any atom is -0.497 e. The highest BCUT2D eigenvalue weighted by Gasteiger charge is 2.48. The Morgan fingerprint density at radius 1 is 1.19 bits per heavy atom. The summed E-state index contributed by atoms with van der Waals surface area (Å²) in [4.78, 5) is 4.52. The monoisotopic (exact) mass is 366 g/mol. The highest BCUT2D eigenvalue weighted by atomic mass is 19.1. The maximum Gasteiger partial charge on any atom is 0.127 e. The van der Waals surface area contributed by atoms with Crippen LogP contribution in [0.3, 0.4) is 0 Å². The van der Waals surface area contributed by atoms with Crippen LogP contribution in [0.5, 0.6) is 5.75 Å². The number of aliphatic hydroxyl groups is 1. The molecule has 0 radical (unpaired) electrons. The van der Waals surface area contributed by atoms with Crippen LogP contribution in [0.15, 0.2) is 18.2 Å². The molecule has 0 aromatic heterocycles. The number of hydrogen-bond acceptors (Lipinski definition) is 5. The van der Waals surface area contributed by atoms with Crippen LogP contribution in [0.2, 0.25) is 0 Å². The third kappa shape index (κ3) is 4.19. The zero-order valence-corrected chi connectivity index (χ0v) is 16.1. The average Bonchev–Trinajstić information content (AvgIpc) is 2.61. The minimum atomic E-state index is -0.742. The Morgan fingerprint density at radius 2 is 1.92 bits per heavy atom. The van der Waals surface area contributed by atoms with Crippen molar-refractivity contribution in [1.29, 1.82) is 0 Å². The number of halogens is 1. The van der Waals surface area contributed by atoms with Crippen molar-refractivity contribution in [3.05, 3.63) is 29.6 Å². The number of methoxy groups -OCH3 is 1. The number of likely N-dealkylation sites (tertiary alicyclic amines) is 1. The quantitative estimate of drug-likeness (QED) is 0.865. The first-order valence-electron chi connectivity index (χ1n) is 9.40. The van der Waals surface area contributed by atoms with Gasteiger partial charge in [-0.05, 0) is 24.6 Å². The summed E-state index contributed by atoms with van der Waals surface area (Å²) in [6.45, 7) is 10.1. The molecule has 1 aromatic carbocycles. The van der Waals surface area contributed by atoms with E-state index in [1.54, 1.807) is 19.2 Å². The van der Waals surface area contributed by atoms with Gasteiger partial charge in [-0.15, -0.1) is 0 Å². The third-order valence-corrected chi connectivity index (χ3v) is 5.96. The average molecular weight is 366 g/mol. The lowest BCUT2D eigenvalue weighted by atomic mass is 9.69. The molecule has 5 nitrogen and oxygen atoms in total. The lowest BCUT2D eigenvalue weighted by Gasteiger charge is -2.52. The van der Waals surface area contributed by atoms with Crippen molar-refractivity contribution in [2.24, 2.45) is 5.41 Å². The highest BCUT2D eigenvalue weighted by molar-refractivity contribution is 5.29. The molecule has 6 heteroatoms. The van der Waals surface area contributed by atoms with Crippen LogP contribution in [0.4, 0.5) is 4.39 Å². The molecule has 1 aromatic rings. The summed E-state index contributed by atoms with van der Waals surface area (Å²) in [5, 5.41) is 11.4. The van der Waals surface area contributed by atoms with Crippen LogP contribution in [-0.2, 0) is 11.3 Å². The number of ether oxygens (including phenoxy) is 2. The summed E-state index contributed by atoms with van der Waals surface area (Å²) >= 11 is 0. The Morgan fingerprint density at radius 3 is 2.58 bits per heavy atom. The zero-order valence-electron chi connectivity index (χ0n) is 16.1. The Hall–Kier alpha value is -1.21. The smallest absolute Gasteiger partial charge is 0.127 e. The lowest BCUT2D eigenvalue weighted by molar-refractivity contribution is -0.141. The first kappa shape index (κ1) is 19.5. The normalized spacial score (nSPS) is 27.4. The van der Waals surface area contributed by atoms with Crippen molar-refractivity contribution in [1.82, 2.24) is 9.80 Å². The van der Waals surface area contributed by atoms with E-state index in [2.05, 4.69) is 23.6 Å². The largest absolute Gasteiger partial charge is 0.497 e. The molecular formula is C20H31FN2O3. The molecule has 2 saturated heterocycles. The van der Waals surface area contributed by atoms with E-state index in [4.69, 9.17) is 9.47 Å². The fraction of sp³-hybridized carbons (Fsp3) is 0.700. The second-order valence-electron chi connectivity index (χ2n) is 8.22. The van der Waals surface area contributed by atoms with Crippen molar-refractivity contribution in [3.8, 4) is 5.75 Å². The summed E-state index contributed by atoms with van der Waals surface area (Å²) in [7, 11) is 1.59. The van der Waals surface area contributed by atoms with Crippen molar-refractivity contribution in [2.75, 3.05) is 53.0 Å². The molecule has 0 aliphatic carbocycles. The van der Waals surface area contributed by atoms with E-state index in [1.165, 1.54) is 6.07 Å². The summed E-state index contributed by atoms with van der Waals surface area (Å²) in [6.07, 6.45) is 0.683. The molecule has 146 valence electrons. The third-order valence-electron chi connectivity index (χ3n) is 5.96. The molecule has 0 saturated carbocycles. The molecule has 26 heavy (non-hydrogen) atoms. The van der Waals surface area contributed by atoms with Crippen LogP contribution in [-0.4, -0.2) is 73.6 Å². The van der Waals surface area contributed by atoms with E-state index in [-0.39, 0.29) is 11.2 Å².